The van der Waals surface area contributed by atoms with Crippen molar-refractivity contribution in [3.8, 4) is 0 Å². The average Bonchev–Trinajstić information content (AvgIpc) is 3.12. The highest BCUT2D eigenvalue weighted by molar-refractivity contribution is 6.15. The molecule has 1 aromatic rings. The Morgan fingerprint density at radius 3 is 2.40 bits per heavy atom. The molecule has 20 heavy (non-hydrogen) atoms. The molecule has 1 aliphatic carbocycles. The monoisotopic (exact) mass is 280 g/mol. The first-order valence-corrected chi connectivity index (χ1v) is 5.74. The number of likely N-dealkylation sites (N-methyl/N-ethyl adjacent to an activating group) is 1. The minimum absolute atomic E-state index is 0.105. The Balaban J connectivity index is 2.45. The quantitative estimate of drug-likeness (QED) is 0.764. The van der Waals surface area contributed by atoms with E-state index in [-0.39, 0.29) is 11.1 Å². The molecule has 1 aromatic carbocycles. The first kappa shape index (κ1) is 14.1. The van der Waals surface area contributed by atoms with Crippen molar-refractivity contribution in [2.45, 2.75) is 11.7 Å². The first-order chi connectivity index (χ1) is 9.24. The molecule has 1 amide bonds. The molecule has 1 atom stereocenters. The van der Waals surface area contributed by atoms with Gasteiger partial charge in [-0.25, -0.2) is 6.57 Å². The van der Waals surface area contributed by atoms with Crippen LogP contribution in [0.4, 0.5) is 13.2 Å². The van der Waals surface area contributed by atoms with Gasteiger partial charge in [0.25, 0.3) is 0 Å². The summed E-state index contributed by atoms with van der Waals surface area (Å²) < 4.78 is 38.9. The summed E-state index contributed by atoms with van der Waals surface area (Å²) in [6.07, 6.45) is -3.23. The molecule has 0 saturated heterocycles. The van der Waals surface area contributed by atoms with Crippen LogP contribution in [0.15, 0.2) is 30.3 Å². The molecule has 3 nitrogen and oxygen atoms in total. The molecule has 0 aliphatic heterocycles. The third-order valence-electron chi connectivity index (χ3n) is 3.11. The van der Waals surface area contributed by atoms with E-state index in [1.54, 1.807) is 0 Å². The molecule has 0 unspecified atom stereocenters. The second-order valence-corrected chi connectivity index (χ2v) is 4.68. The Morgan fingerprint density at radius 1 is 1.30 bits per heavy atom. The Labute approximate surface area is 114 Å². The molecule has 0 saturated carbocycles. The van der Waals surface area contributed by atoms with Gasteiger partial charge in [-0.15, -0.1) is 0 Å². The summed E-state index contributed by atoms with van der Waals surface area (Å²) in [5, 5.41) is 0. The highest BCUT2D eigenvalue weighted by Gasteiger charge is 2.61. The van der Waals surface area contributed by atoms with Gasteiger partial charge >= 0.3 is 17.6 Å². The summed E-state index contributed by atoms with van der Waals surface area (Å²) >= 11 is 0. The van der Waals surface area contributed by atoms with Crippen LogP contribution in [0.3, 0.4) is 0 Å². The second-order valence-electron chi connectivity index (χ2n) is 4.68. The number of hydrogen-bond donors (Lipinski definition) is 0. The van der Waals surface area contributed by atoms with Gasteiger partial charge in [-0.2, -0.15) is 13.2 Å². The lowest BCUT2D eigenvalue weighted by Crippen LogP contribution is -2.35. The fourth-order valence-electron chi connectivity index (χ4n) is 2.08. The lowest BCUT2D eigenvalue weighted by atomic mass is 9.99. The summed E-state index contributed by atoms with van der Waals surface area (Å²) in [6, 6.07) is 4.97. The summed E-state index contributed by atoms with van der Waals surface area (Å²) in [5.74, 6) is -0.528. The van der Waals surface area contributed by atoms with Crippen LogP contribution < -0.4 is 0 Å². The van der Waals surface area contributed by atoms with Crippen molar-refractivity contribution in [3.63, 3.8) is 0 Å². The Bertz CT molecular complexity index is 641. The maximum absolute atomic E-state index is 13.0. The van der Waals surface area contributed by atoms with Gasteiger partial charge in [0, 0.05) is 20.2 Å². The van der Waals surface area contributed by atoms with Crippen molar-refractivity contribution >= 4 is 11.5 Å². The maximum Gasteiger partial charge on any atom is 0.417 e. The molecule has 6 heteroatoms. The molecule has 104 valence electrons. The van der Waals surface area contributed by atoms with Crippen LogP contribution in [0.2, 0.25) is 0 Å². The number of amides is 1. The van der Waals surface area contributed by atoms with Gasteiger partial charge in [0.15, 0.2) is 0 Å². The normalized spacial score (nSPS) is 20.9. The molecule has 2 rings (SSSR count). The van der Waals surface area contributed by atoms with Crippen molar-refractivity contribution < 1.29 is 18.0 Å². The zero-order chi connectivity index (χ0) is 15.1. The zero-order valence-electron chi connectivity index (χ0n) is 10.8. The van der Waals surface area contributed by atoms with Gasteiger partial charge in [0.05, 0.1) is 11.1 Å². The van der Waals surface area contributed by atoms with Crippen molar-refractivity contribution in [1.82, 2.24) is 4.90 Å². The van der Waals surface area contributed by atoms with Crippen LogP contribution in [-0.2, 0) is 11.0 Å². The van der Waals surface area contributed by atoms with Crippen molar-refractivity contribution in [3.05, 3.63) is 52.9 Å². The minimum atomic E-state index is -4.52. The van der Waals surface area contributed by atoms with Gasteiger partial charge in [-0.05, 0) is 11.6 Å². The number of carbonyl (C=O) groups excluding carboxylic acids is 1. The van der Waals surface area contributed by atoms with E-state index >= 15 is 0 Å². The minimum Gasteiger partial charge on any atom is -0.341 e. The Kier molecular flexibility index (Phi) is 3.09. The molecule has 0 fully saturated rings. The lowest BCUT2D eigenvalue weighted by molar-refractivity contribution is -0.138. The molecule has 0 N–H and O–H groups in total. The summed E-state index contributed by atoms with van der Waals surface area (Å²) in [6.45, 7) is 7.14. The van der Waals surface area contributed by atoms with Crippen LogP contribution in [0, 0.1) is 6.57 Å². The maximum atomic E-state index is 13.0. The first-order valence-electron chi connectivity index (χ1n) is 5.74. The number of carbonyl (C=O) groups is 1. The van der Waals surface area contributed by atoms with Gasteiger partial charge in [0.2, 0.25) is 0 Å². The van der Waals surface area contributed by atoms with E-state index in [1.807, 2.05) is 0 Å². The number of hydrogen-bond acceptors (Lipinski definition) is 1. The fourth-order valence-corrected chi connectivity index (χ4v) is 2.08. The molecular formula is C14H11F3N2O. The summed E-state index contributed by atoms with van der Waals surface area (Å²) in [5.41, 5.74) is -2.39. The SMILES string of the molecule is [C-]#[N+][C@@]1(C(=O)N(C)C)C=C1c1ccccc1C(F)(F)F. The van der Waals surface area contributed by atoms with Crippen molar-refractivity contribution in [2.75, 3.05) is 14.1 Å². The average molecular weight is 280 g/mol. The van der Waals surface area contributed by atoms with Crippen LogP contribution in [0.1, 0.15) is 11.1 Å². The Hall–Kier alpha value is -2.29. The highest BCUT2D eigenvalue weighted by Crippen LogP contribution is 2.50. The van der Waals surface area contributed by atoms with E-state index in [1.165, 1.54) is 43.3 Å². The number of alkyl halides is 3. The van der Waals surface area contributed by atoms with E-state index in [2.05, 4.69) is 4.85 Å². The number of rotatable bonds is 2. The molecule has 1 aliphatic rings. The summed E-state index contributed by atoms with van der Waals surface area (Å²) in [7, 11) is 2.93. The molecule has 0 heterocycles. The van der Waals surface area contributed by atoms with Crippen LogP contribution in [0.25, 0.3) is 10.4 Å². The second kappa shape index (κ2) is 4.37. The van der Waals surface area contributed by atoms with E-state index in [0.29, 0.717) is 0 Å². The largest absolute Gasteiger partial charge is 0.417 e. The zero-order valence-corrected chi connectivity index (χ0v) is 10.8. The third-order valence-corrected chi connectivity index (χ3v) is 3.11. The van der Waals surface area contributed by atoms with Gasteiger partial charge < -0.3 is 4.90 Å². The van der Waals surface area contributed by atoms with Gasteiger partial charge in [0.1, 0.15) is 0 Å². The number of benzene rings is 1. The predicted octanol–water partition coefficient (Wildman–Crippen LogP) is 2.85. The predicted molar refractivity (Wildman–Crippen MR) is 67.4 cm³/mol. The van der Waals surface area contributed by atoms with E-state index < -0.39 is 23.2 Å². The van der Waals surface area contributed by atoms with E-state index in [0.717, 1.165) is 6.07 Å². The number of halogens is 3. The van der Waals surface area contributed by atoms with Gasteiger partial charge in [-0.3, -0.25) is 9.64 Å². The van der Waals surface area contributed by atoms with Crippen molar-refractivity contribution in [1.29, 1.82) is 0 Å². The number of nitrogens with zero attached hydrogens (tertiary/aromatic N) is 2. The summed E-state index contributed by atoms with van der Waals surface area (Å²) in [4.78, 5) is 16.4. The lowest BCUT2D eigenvalue weighted by Gasteiger charge is -2.15. The Morgan fingerprint density at radius 2 is 1.90 bits per heavy atom. The fraction of sp³-hybridized carbons (Fsp3) is 0.286. The van der Waals surface area contributed by atoms with Crippen LogP contribution in [-0.4, -0.2) is 30.4 Å². The molecule has 0 spiro atoms. The molecule has 0 bridgehead atoms. The molecule has 0 radical (unpaired) electrons. The highest BCUT2D eigenvalue weighted by atomic mass is 19.4. The molecule has 0 aromatic heterocycles. The smallest absolute Gasteiger partial charge is 0.341 e. The van der Waals surface area contributed by atoms with Gasteiger partial charge in [-0.1, -0.05) is 18.2 Å². The standard InChI is InChI=1S/C14H11F3N2O/c1-18-13(12(20)19(2)3)8-11(13)9-6-4-5-7-10(9)14(15,16)17/h4-8H,2-3H3/t13-/m0/s1. The topological polar surface area (TPSA) is 24.7 Å². The van der Waals surface area contributed by atoms with E-state index in [9.17, 15) is 18.0 Å². The van der Waals surface area contributed by atoms with Crippen LogP contribution in [0.5, 0.6) is 0 Å². The van der Waals surface area contributed by atoms with Crippen molar-refractivity contribution in [2.24, 2.45) is 0 Å². The molecular weight excluding hydrogens is 269 g/mol. The van der Waals surface area contributed by atoms with Crippen LogP contribution >= 0.6 is 0 Å². The third kappa shape index (κ3) is 2.05. The van der Waals surface area contributed by atoms with E-state index in [4.69, 9.17) is 6.57 Å².